The van der Waals surface area contributed by atoms with Crippen molar-refractivity contribution in [2.24, 2.45) is 23.7 Å². The second-order valence-corrected chi connectivity index (χ2v) is 22.8. The Balaban J connectivity index is 1.03. The number of aliphatic hydroxyl groups excluding tert-OH is 13. The maximum absolute atomic E-state index is 13.2. The lowest BCUT2D eigenvalue weighted by Crippen LogP contribution is -2.66. The van der Waals surface area contributed by atoms with Crippen LogP contribution in [-0.2, 0) is 57.0 Å². The molecule has 4 aliphatic carbocycles. The second kappa shape index (κ2) is 28.4. The Bertz CT molecular complexity index is 1970. The number of carbonyl (C=O) groups is 2. The van der Waals surface area contributed by atoms with Gasteiger partial charge in [0, 0.05) is 45.1 Å². The van der Waals surface area contributed by atoms with Gasteiger partial charge < -0.3 is 118 Å². The van der Waals surface area contributed by atoms with Gasteiger partial charge in [0.25, 0.3) is 0 Å². The first-order valence-electron chi connectivity index (χ1n) is 27.9. The summed E-state index contributed by atoms with van der Waals surface area (Å²) in [5.74, 6) is -2.66. The zero-order chi connectivity index (χ0) is 56.8. The van der Waals surface area contributed by atoms with Crippen LogP contribution < -0.4 is 0 Å². The van der Waals surface area contributed by atoms with Crippen molar-refractivity contribution in [1.82, 2.24) is 0 Å². The number of fused-ring (bicyclic) bond motifs is 1. The van der Waals surface area contributed by atoms with Crippen LogP contribution in [0, 0.1) is 23.7 Å². The van der Waals surface area contributed by atoms with Gasteiger partial charge >= 0.3 is 11.9 Å². The average Bonchev–Trinajstić information content (AvgIpc) is 3.47. The number of hydrogen-bond donors (Lipinski definition) is 13. The van der Waals surface area contributed by atoms with Crippen LogP contribution in [0.1, 0.15) is 83.5 Å². The molecule has 27 unspecified atom stereocenters. The molecule has 0 aromatic carbocycles. The molecule has 8 fully saturated rings. The van der Waals surface area contributed by atoms with E-state index in [1.807, 2.05) is 0 Å². The highest BCUT2D eigenvalue weighted by Gasteiger charge is 2.58. The van der Waals surface area contributed by atoms with Crippen molar-refractivity contribution in [2.75, 3.05) is 34.0 Å². The molecule has 0 aromatic rings. The van der Waals surface area contributed by atoms with Gasteiger partial charge in [-0.25, -0.2) is 9.59 Å². The molecule has 0 spiro atoms. The van der Waals surface area contributed by atoms with Crippen LogP contribution in [0.25, 0.3) is 0 Å². The van der Waals surface area contributed by atoms with E-state index in [4.69, 9.17) is 52.1 Å². The molecule has 14 N–H and O–H groups in total. The molecule has 26 nitrogen and oxygen atoms in total. The van der Waals surface area contributed by atoms with Crippen LogP contribution in [0.3, 0.4) is 0 Å². The maximum Gasteiger partial charge on any atom is 0.330 e. The predicted octanol–water partition coefficient (Wildman–Crippen LogP) is -4.26. The molecular weight excluding hydrogens is 1050 g/mol. The minimum absolute atomic E-state index is 0.00498. The summed E-state index contributed by atoms with van der Waals surface area (Å²) < 4.78 is 64.3. The van der Waals surface area contributed by atoms with Crippen LogP contribution in [-0.4, -0.2) is 270 Å². The smallest absolute Gasteiger partial charge is 0.330 e. The van der Waals surface area contributed by atoms with Gasteiger partial charge in [-0.15, -0.1) is 0 Å². The van der Waals surface area contributed by atoms with E-state index in [2.05, 4.69) is 0 Å². The Hall–Kier alpha value is -2.46. The monoisotopic (exact) mass is 1140 g/mol. The Morgan fingerprint density at radius 3 is 1.53 bits per heavy atom. The number of rotatable bonds is 18. The summed E-state index contributed by atoms with van der Waals surface area (Å²) in [6, 6.07) is 0. The van der Waals surface area contributed by atoms with Crippen LogP contribution in [0.5, 0.6) is 0 Å². The molecule has 4 saturated carbocycles. The highest BCUT2D eigenvalue weighted by Crippen LogP contribution is 2.44. The third-order valence-electron chi connectivity index (χ3n) is 17.5. The first-order valence-corrected chi connectivity index (χ1v) is 27.9. The Labute approximate surface area is 457 Å². The van der Waals surface area contributed by atoms with E-state index in [1.54, 1.807) is 12.2 Å². The van der Waals surface area contributed by atoms with Crippen molar-refractivity contribution in [3.8, 4) is 0 Å². The average molecular weight is 1140 g/mol. The number of ether oxygens (including phenoxy) is 11. The molecule has 26 heteroatoms. The molecule has 0 radical (unpaired) electrons. The van der Waals surface area contributed by atoms with Crippen LogP contribution in [0.15, 0.2) is 24.3 Å². The SMILES string of the molecule is COC1CC(C=CC(=O)OCC2OC(OC3C(OC4CC5C(OC6OC(CO)C(O)C(O)C6O)CC(O)CC5[OH+]C4C4CCC(O)CC4)OC(COC(=O)C=CC4CCC(O)C(OC)C4)C(O)C3O)C(O)C(O)C2O)CCC1O. The summed E-state index contributed by atoms with van der Waals surface area (Å²) in [5, 5.41) is 141. The molecule has 8 rings (SSSR count). The molecule has 0 aromatic heterocycles. The van der Waals surface area contributed by atoms with Crippen molar-refractivity contribution < 1.29 is 128 Å². The molecule has 0 amide bonds. The molecule has 4 aliphatic heterocycles. The van der Waals surface area contributed by atoms with Gasteiger partial charge in [0.2, 0.25) is 0 Å². The zero-order valence-electron chi connectivity index (χ0n) is 44.5. The lowest BCUT2D eigenvalue weighted by atomic mass is 9.73. The topological polar surface area (TPSA) is 402 Å². The number of carbonyl (C=O) groups excluding carboxylic acids is 2. The fourth-order valence-corrected chi connectivity index (χ4v) is 12.7. The number of hydrogen-bond acceptors (Lipinski definition) is 25. The van der Waals surface area contributed by atoms with Gasteiger partial charge in [-0.2, -0.15) is 0 Å². The van der Waals surface area contributed by atoms with Crippen molar-refractivity contribution in [1.29, 1.82) is 0 Å². The highest BCUT2D eigenvalue weighted by atomic mass is 16.8. The van der Waals surface area contributed by atoms with Gasteiger partial charge in [0.15, 0.2) is 31.1 Å². The van der Waals surface area contributed by atoms with Crippen molar-refractivity contribution in [3.05, 3.63) is 24.3 Å². The quantitative estimate of drug-likeness (QED) is 0.0351. The standard InChI is InChI=1S/C53H84O26/c1-69-33-15-23(3-11-29(33)57)5-13-39(59)71-21-37-42(62)45(65)48(68)52(77-37)79-50-46(66)43(63)38(22-72-40(60)14-6-24-4-12-30(58)34(16-24)70-2)78-53(50)75-35-19-28-31(73-49(35)25-7-9-26(55)10-8-25)17-27(56)18-32(28)74-51-47(67)44(64)41(61)36(20-54)76-51/h5-6,13-14,23-38,41-58,61-68H,3-4,7-12,15-22H2,1-2H3/p+1. The fourth-order valence-electron chi connectivity index (χ4n) is 12.7. The van der Waals surface area contributed by atoms with Crippen LogP contribution in [0.4, 0.5) is 0 Å². The van der Waals surface area contributed by atoms with E-state index >= 15 is 0 Å². The molecular formula is C53H85O26+. The predicted molar refractivity (Wildman–Crippen MR) is 265 cm³/mol. The lowest BCUT2D eigenvalue weighted by Gasteiger charge is -2.50. The summed E-state index contributed by atoms with van der Waals surface area (Å²) in [6.07, 6.45) is -22.0. The number of esters is 2. The second-order valence-electron chi connectivity index (χ2n) is 22.8. The summed E-state index contributed by atoms with van der Waals surface area (Å²) >= 11 is 0. The molecule has 452 valence electrons. The normalized spacial score (nSPS) is 48.1. The summed E-state index contributed by atoms with van der Waals surface area (Å²) in [7, 11) is 2.98. The van der Waals surface area contributed by atoms with E-state index in [9.17, 15) is 76.0 Å². The molecule has 27 atom stereocenters. The molecule has 79 heavy (non-hydrogen) atoms. The molecule has 4 heterocycles. The van der Waals surface area contributed by atoms with Crippen LogP contribution in [0.2, 0.25) is 0 Å². The molecule has 4 saturated heterocycles. The summed E-state index contributed by atoms with van der Waals surface area (Å²) in [4.78, 5) is 26.1. The van der Waals surface area contributed by atoms with E-state index < -0.39 is 191 Å². The number of methoxy groups -OCH3 is 2. The van der Waals surface area contributed by atoms with Gasteiger partial charge in [-0.05, 0) is 82.5 Å². The van der Waals surface area contributed by atoms with Gasteiger partial charge in [-0.1, -0.05) is 12.2 Å². The Morgan fingerprint density at radius 2 is 0.987 bits per heavy atom. The van der Waals surface area contributed by atoms with E-state index in [0.717, 1.165) is 0 Å². The third kappa shape index (κ3) is 15.3. The molecule has 8 aliphatic rings. The lowest BCUT2D eigenvalue weighted by molar-refractivity contribution is -0.389. The largest absolute Gasteiger partial charge is 0.460 e. The zero-order valence-corrected chi connectivity index (χ0v) is 44.5. The highest BCUT2D eigenvalue weighted by molar-refractivity contribution is 5.82. The van der Waals surface area contributed by atoms with E-state index in [0.29, 0.717) is 64.2 Å². The Kier molecular flexibility index (Phi) is 22.5. The minimum atomic E-state index is -2.01. The summed E-state index contributed by atoms with van der Waals surface area (Å²) in [5.41, 5.74) is 0. The van der Waals surface area contributed by atoms with Crippen molar-refractivity contribution >= 4 is 11.9 Å². The Morgan fingerprint density at radius 1 is 0.494 bits per heavy atom. The minimum Gasteiger partial charge on any atom is -0.460 e. The summed E-state index contributed by atoms with van der Waals surface area (Å²) in [6.45, 7) is -1.98. The fraction of sp³-hybridized carbons (Fsp3) is 0.887. The third-order valence-corrected chi connectivity index (χ3v) is 17.5. The van der Waals surface area contributed by atoms with E-state index in [1.165, 1.54) is 26.4 Å². The van der Waals surface area contributed by atoms with Gasteiger partial charge in [-0.3, -0.25) is 0 Å². The van der Waals surface area contributed by atoms with Gasteiger partial charge in [0.1, 0.15) is 92.6 Å². The maximum atomic E-state index is 13.2. The van der Waals surface area contributed by atoms with Crippen LogP contribution >= 0.6 is 0 Å². The number of aliphatic hydroxyl groups is 15. The van der Waals surface area contributed by atoms with Crippen molar-refractivity contribution in [2.45, 2.75) is 237 Å². The first-order chi connectivity index (χ1) is 37.8. The van der Waals surface area contributed by atoms with Gasteiger partial charge in [0.05, 0.1) is 55.3 Å². The first kappa shape index (κ1) is 62.6. The van der Waals surface area contributed by atoms with Crippen molar-refractivity contribution in [3.63, 3.8) is 0 Å². The number of allylic oxidation sites excluding steroid dienone is 2. The van der Waals surface area contributed by atoms with E-state index in [-0.39, 0.29) is 37.0 Å². The molecule has 0 bridgehead atoms.